The number of hydrogen-bond donors (Lipinski definition) is 0. The van der Waals surface area contributed by atoms with Gasteiger partial charge >= 0.3 is 0 Å². The van der Waals surface area contributed by atoms with Gasteiger partial charge in [-0.3, -0.25) is 0 Å². The van der Waals surface area contributed by atoms with E-state index in [-0.39, 0.29) is 0 Å². The molecule has 1 aromatic carbocycles. The fourth-order valence-corrected chi connectivity index (χ4v) is 1.51. The van der Waals surface area contributed by atoms with Crippen molar-refractivity contribution in [3.63, 3.8) is 0 Å². The summed E-state index contributed by atoms with van der Waals surface area (Å²) in [6.45, 7) is 4.19. The molecule has 0 aromatic heterocycles. The summed E-state index contributed by atoms with van der Waals surface area (Å²) in [5, 5.41) is 0.882. The smallest absolute Gasteiger partial charge is 0.119 e. The second-order valence-corrected chi connectivity index (χ2v) is 3.80. The molecule has 84 valence electrons. The predicted molar refractivity (Wildman–Crippen MR) is 65.7 cm³/mol. The van der Waals surface area contributed by atoms with Crippen LogP contribution in [-0.2, 0) is 10.1 Å². The van der Waals surface area contributed by atoms with Crippen molar-refractivity contribution >= 4 is 15.9 Å². The lowest BCUT2D eigenvalue weighted by molar-refractivity contribution is 0.101. The Labute approximate surface area is 99.7 Å². The number of ether oxygens (including phenoxy) is 2. The molecule has 0 spiro atoms. The van der Waals surface area contributed by atoms with Gasteiger partial charge in [0.1, 0.15) is 12.4 Å². The summed E-state index contributed by atoms with van der Waals surface area (Å²) in [6.07, 6.45) is 1.06. The van der Waals surface area contributed by atoms with E-state index in [0.29, 0.717) is 13.2 Å². The van der Waals surface area contributed by atoms with Gasteiger partial charge in [0.25, 0.3) is 0 Å². The van der Waals surface area contributed by atoms with Crippen molar-refractivity contribution in [2.24, 2.45) is 0 Å². The summed E-state index contributed by atoms with van der Waals surface area (Å²) in [6, 6.07) is 8.07. The van der Waals surface area contributed by atoms with Crippen molar-refractivity contribution in [1.82, 2.24) is 0 Å². The van der Waals surface area contributed by atoms with Gasteiger partial charge in [0.2, 0.25) is 0 Å². The molecule has 0 heterocycles. The summed E-state index contributed by atoms with van der Waals surface area (Å²) in [7, 11) is 0. The first kappa shape index (κ1) is 12.5. The third-order valence-corrected chi connectivity index (χ3v) is 2.57. The first-order valence-electron chi connectivity index (χ1n) is 5.22. The Bertz CT molecular complexity index is 259. The summed E-state index contributed by atoms with van der Waals surface area (Å²) in [4.78, 5) is 0. The van der Waals surface area contributed by atoms with Gasteiger partial charge in [-0.1, -0.05) is 35.0 Å². The number of rotatable bonds is 7. The van der Waals surface area contributed by atoms with Crippen molar-refractivity contribution in [2.45, 2.75) is 18.7 Å². The second kappa shape index (κ2) is 7.71. The SMILES string of the molecule is CCCOCCOc1ccc(CBr)cc1. The van der Waals surface area contributed by atoms with E-state index < -0.39 is 0 Å². The van der Waals surface area contributed by atoms with E-state index in [1.54, 1.807) is 0 Å². The zero-order valence-electron chi connectivity index (χ0n) is 9.04. The van der Waals surface area contributed by atoms with E-state index in [0.717, 1.165) is 24.1 Å². The zero-order chi connectivity index (χ0) is 10.9. The van der Waals surface area contributed by atoms with Gasteiger partial charge in [0, 0.05) is 11.9 Å². The van der Waals surface area contributed by atoms with E-state index in [1.807, 2.05) is 12.1 Å². The molecule has 0 N–H and O–H groups in total. The average Bonchev–Trinajstić information content (AvgIpc) is 2.30. The van der Waals surface area contributed by atoms with Crippen LogP contribution in [0.2, 0.25) is 0 Å². The average molecular weight is 273 g/mol. The van der Waals surface area contributed by atoms with Crippen LogP contribution in [0.5, 0.6) is 5.75 Å². The Morgan fingerprint density at radius 1 is 1.07 bits per heavy atom. The summed E-state index contributed by atoms with van der Waals surface area (Å²) >= 11 is 3.40. The minimum Gasteiger partial charge on any atom is -0.491 e. The minimum atomic E-state index is 0.619. The van der Waals surface area contributed by atoms with Crippen molar-refractivity contribution in [3.8, 4) is 5.75 Å². The molecule has 15 heavy (non-hydrogen) atoms. The topological polar surface area (TPSA) is 18.5 Å². The quantitative estimate of drug-likeness (QED) is 0.560. The second-order valence-electron chi connectivity index (χ2n) is 3.24. The van der Waals surface area contributed by atoms with Crippen LogP contribution in [0.4, 0.5) is 0 Å². The normalized spacial score (nSPS) is 10.3. The minimum absolute atomic E-state index is 0.619. The lowest BCUT2D eigenvalue weighted by atomic mass is 10.2. The fourth-order valence-electron chi connectivity index (χ4n) is 1.14. The van der Waals surface area contributed by atoms with Gasteiger partial charge in [-0.15, -0.1) is 0 Å². The highest BCUT2D eigenvalue weighted by Crippen LogP contribution is 2.13. The molecule has 2 nitrogen and oxygen atoms in total. The van der Waals surface area contributed by atoms with Crippen LogP contribution in [0.3, 0.4) is 0 Å². The molecule has 0 aliphatic carbocycles. The number of halogens is 1. The van der Waals surface area contributed by atoms with Crippen LogP contribution < -0.4 is 4.74 Å². The molecule has 1 aromatic rings. The first-order valence-corrected chi connectivity index (χ1v) is 6.34. The van der Waals surface area contributed by atoms with E-state index >= 15 is 0 Å². The van der Waals surface area contributed by atoms with Crippen LogP contribution in [0.1, 0.15) is 18.9 Å². The molecular weight excluding hydrogens is 256 g/mol. The molecule has 0 aliphatic rings. The zero-order valence-corrected chi connectivity index (χ0v) is 10.6. The lowest BCUT2D eigenvalue weighted by Gasteiger charge is -2.06. The summed E-state index contributed by atoms with van der Waals surface area (Å²) in [5.74, 6) is 0.903. The van der Waals surface area contributed by atoms with Gasteiger partial charge in [0.15, 0.2) is 0 Å². The van der Waals surface area contributed by atoms with E-state index in [4.69, 9.17) is 9.47 Å². The summed E-state index contributed by atoms with van der Waals surface area (Å²) in [5.41, 5.74) is 1.25. The third-order valence-electron chi connectivity index (χ3n) is 1.92. The number of alkyl halides is 1. The van der Waals surface area contributed by atoms with Crippen LogP contribution in [0.25, 0.3) is 0 Å². The maximum absolute atomic E-state index is 5.51. The van der Waals surface area contributed by atoms with Gasteiger partial charge in [-0.2, -0.15) is 0 Å². The van der Waals surface area contributed by atoms with Crippen molar-refractivity contribution in [3.05, 3.63) is 29.8 Å². The Morgan fingerprint density at radius 3 is 2.40 bits per heavy atom. The largest absolute Gasteiger partial charge is 0.491 e. The van der Waals surface area contributed by atoms with Gasteiger partial charge in [0.05, 0.1) is 6.61 Å². The molecule has 0 aliphatic heterocycles. The van der Waals surface area contributed by atoms with Crippen LogP contribution in [0.15, 0.2) is 24.3 Å². The number of benzene rings is 1. The van der Waals surface area contributed by atoms with E-state index in [2.05, 4.69) is 35.0 Å². The maximum atomic E-state index is 5.51. The molecule has 0 radical (unpaired) electrons. The van der Waals surface area contributed by atoms with E-state index in [1.165, 1.54) is 5.56 Å². The molecule has 0 bridgehead atoms. The van der Waals surface area contributed by atoms with Crippen LogP contribution >= 0.6 is 15.9 Å². The highest BCUT2D eigenvalue weighted by molar-refractivity contribution is 9.08. The fraction of sp³-hybridized carbons (Fsp3) is 0.500. The van der Waals surface area contributed by atoms with Gasteiger partial charge in [-0.05, 0) is 24.1 Å². The first-order chi connectivity index (χ1) is 7.36. The maximum Gasteiger partial charge on any atom is 0.119 e. The molecular formula is C12H17BrO2. The van der Waals surface area contributed by atoms with Crippen molar-refractivity contribution in [2.75, 3.05) is 19.8 Å². The van der Waals surface area contributed by atoms with Gasteiger partial charge in [-0.25, -0.2) is 0 Å². The van der Waals surface area contributed by atoms with Crippen molar-refractivity contribution < 1.29 is 9.47 Å². The van der Waals surface area contributed by atoms with Crippen molar-refractivity contribution in [1.29, 1.82) is 0 Å². The highest BCUT2D eigenvalue weighted by atomic mass is 79.9. The third kappa shape index (κ3) is 5.19. The van der Waals surface area contributed by atoms with Gasteiger partial charge < -0.3 is 9.47 Å². The molecule has 0 saturated heterocycles. The Balaban J connectivity index is 2.20. The number of hydrogen-bond acceptors (Lipinski definition) is 2. The predicted octanol–water partition coefficient (Wildman–Crippen LogP) is 3.39. The Kier molecular flexibility index (Phi) is 6.44. The molecule has 0 saturated carbocycles. The van der Waals surface area contributed by atoms with Crippen LogP contribution in [-0.4, -0.2) is 19.8 Å². The molecule has 0 fully saturated rings. The molecule has 3 heteroatoms. The standard InChI is InChI=1S/C12H17BrO2/c1-2-7-14-8-9-15-12-5-3-11(10-13)4-6-12/h3-6H,2,7-10H2,1H3. The molecule has 0 atom stereocenters. The lowest BCUT2D eigenvalue weighted by Crippen LogP contribution is -2.06. The van der Waals surface area contributed by atoms with E-state index in [9.17, 15) is 0 Å². The van der Waals surface area contributed by atoms with Crippen LogP contribution in [0, 0.1) is 0 Å². The molecule has 0 amide bonds. The molecule has 0 unspecified atom stereocenters. The molecule has 1 rings (SSSR count). The summed E-state index contributed by atoms with van der Waals surface area (Å²) < 4.78 is 10.8. The Hall–Kier alpha value is -0.540. The monoisotopic (exact) mass is 272 g/mol. The highest BCUT2D eigenvalue weighted by Gasteiger charge is 1.94. The Morgan fingerprint density at radius 2 is 1.80 bits per heavy atom.